The Bertz CT molecular complexity index is 1480. The van der Waals surface area contributed by atoms with E-state index in [0.717, 1.165) is 0 Å². The van der Waals surface area contributed by atoms with Crippen LogP contribution >= 0.6 is 0 Å². The number of hydrogen-bond donors (Lipinski definition) is 2. The van der Waals surface area contributed by atoms with Gasteiger partial charge in [-0.3, -0.25) is 14.9 Å². The summed E-state index contributed by atoms with van der Waals surface area (Å²) in [5.74, 6) is -0.888. The molecule has 0 radical (unpaired) electrons. The fourth-order valence-electron chi connectivity index (χ4n) is 3.76. The van der Waals surface area contributed by atoms with Gasteiger partial charge in [0.25, 0.3) is 5.56 Å². The van der Waals surface area contributed by atoms with E-state index in [1.807, 2.05) is 0 Å². The van der Waals surface area contributed by atoms with E-state index < -0.39 is 35.0 Å². The van der Waals surface area contributed by atoms with E-state index in [4.69, 9.17) is 9.47 Å². The first-order chi connectivity index (χ1) is 18.5. The van der Waals surface area contributed by atoms with Gasteiger partial charge in [0.2, 0.25) is 0 Å². The molecule has 3 aromatic rings. The highest BCUT2D eigenvalue weighted by Crippen LogP contribution is 2.31. The van der Waals surface area contributed by atoms with E-state index in [0.29, 0.717) is 22.4 Å². The minimum absolute atomic E-state index is 0.0752. The lowest BCUT2D eigenvalue weighted by molar-refractivity contribution is 0.0522. The molecule has 3 rings (SSSR count). The summed E-state index contributed by atoms with van der Waals surface area (Å²) in [7, 11) is 1.56. The zero-order valence-corrected chi connectivity index (χ0v) is 23.7. The van der Waals surface area contributed by atoms with E-state index in [9.17, 15) is 23.6 Å². The Balaban J connectivity index is 2.13. The molecule has 0 saturated carbocycles. The summed E-state index contributed by atoms with van der Waals surface area (Å²) < 4.78 is 25.5. The predicted octanol–water partition coefficient (Wildman–Crippen LogP) is 5.79. The molecule has 0 fully saturated rings. The van der Waals surface area contributed by atoms with Gasteiger partial charge in [-0.25, -0.2) is 14.0 Å². The number of benzene rings is 2. The maximum atomic E-state index is 13.6. The van der Waals surface area contributed by atoms with Crippen molar-refractivity contribution in [1.29, 1.82) is 0 Å². The van der Waals surface area contributed by atoms with E-state index >= 15 is 0 Å². The Kier molecular flexibility index (Phi) is 8.82. The molecule has 0 spiro atoms. The normalized spacial score (nSPS) is 11.5. The SMILES string of the molecule is Cn1cc(-c2cc(NC(=O)OC(C)(C)C)ccc2C(=O)c2ccc(F)cc2)c(CNC(=O)OC(C)(C)C)cc1=O. The molecule has 1 aromatic heterocycles. The number of ketones is 1. The lowest BCUT2D eigenvalue weighted by Gasteiger charge is -2.21. The number of nitrogens with one attached hydrogen (secondary N) is 2. The number of nitrogens with zero attached hydrogens (tertiary/aromatic N) is 1. The molecule has 2 amide bonds. The van der Waals surface area contributed by atoms with Crippen LogP contribution in [-0.2, 0) is 23.1 Å². The number of carbonyl (C=O) groups is 3. The van der Waals surface area contributed by atoms with Gasteiger partial charge in [-0.1, -0.05) is 0 Å². The summed E-state index contributed by atoms with van der Waals surface area (Å²) in [6.45, 7) is 10.3. The zero-order valence-electron chi connectivity index (χ0n) is 23.7. The van der Waals surface area contributed by atoms with Gasteiger partial charge in [0.05, 0.1) is 0 Å². The summed E-state index contributed by atoms with van der Waals surface area (Å²) in [6, 6.07) is 11.1. The molecular weight excluding hydrogens is 517 g/mol. The molecular formula is C30H34FN3O6. The fourth-order valence-corrected chi connectivity index (χ4v) is 3.76. The molecule has 0 bridgehead atoms. The van der Waals surface area contributed by atoms with Gasteiger partial charge in [0, 0.05) is 48.2 Å². The van der Waals surface area contributed by atoms with Crippen molar-refractivity contribution in [3.63, 3.8) is 0 Å². The Labute approximate surface area is 232 Å². The minimum Gasteiger partial charge on any atom is -0.444 e. The Hall–Kier alpha value is -4.47. The number of rotatable bonds is 6. The highest BCUT2D eigenvalue weighted by Gasteiger charge is 2.22. The van der Waals surface area contributed by atoms with Gasteiger partial charge in [-0.2, -0.15) is 0 Å². The van der Waals surface area contributed by atoms with Crippen molar-refractivity contribution in [2.24, 2.45) is 7.05 Å². The molecule has 2 aromatic carbocycles. The maximum absolute atomic E-state index is 13.6. The molecule has 0 unspecified atom stereocenters. The molecule has 0 saturated heterocycles. The van der Waals surface area contributed by atoms with Crippen LogP contribution in [0, 0.1) is 5.82 Å². The number of carbonyl (C=O) groups excluding carboxylic acids is 3. The highest BCUT2D eigenvalue weighted by molar-refractivity contribution is 6.13. The topological polar surface area (TPSA) is 116 Å². The lowest BCUT2D eigenvalue weighted by Crippen LogP contribution is -2.32. The number of aryl methyl sites for hydroxylation is 1. The number of halogens is 1. The first-order valence-corrected chi connectivity index (χ1v) is 12.6. The van der Waals surface area contributed by atoms with Gasteiger partial charge >= 0.3 is 12.2 Å². The van der Waals surface area contributed by atoms with Crippen LogP contribution in [0.5, 0.6) is 0 Å². The molecule has 1 heterocycles. The van der Waals surface area contributed by atoms with Gasteiger partial charge < -0.3 is 19.4 Å². The van der Waals surface area contributed by atoms with E-state index in [1.165, 1.54) is 41.0 Å². The van der Waals surface area contributed by atoms with Crippen LogP contribution < -0.4 is 16.2 Å². The second-order valence-electron chi connectivity index (χ2n) is 11.2. The standard InChI is InChI=1S/C30H34FN3O6/c1-29(2,3)39-27(37)32-16-19-14-25(35)34(7)17-24(19)23-15-21(33-28(38)40-30(4,5)6)12-13-22(23)26(36)18-8-10-20(31)11-9-18/h8-15,17H,16H2,1-7H3,(H,32,37)(H,33,38). The van der Waals surface area contributed by atoms with Crippen molar-refractivity contribution in [2.75, 3.05) is 5.32 Å². The van der Waals surface area contributed by atoms with Crippen molar-refractivity contribution in [2.45, 2.75) is 59.3 Å². The third kappa shape index (κ3) is 8.26. The van der Waals surface area contributed by atoms with Crippen molar-refractivity contribution in [3.8, 4) is 11.1 Å². The molecule has 0 aliphatic heterocycles. The Morgan fingerprint density at radius 3 is 2.05 bits per heavy atom. The summed E-state index contributed by atoms with van der Waals surface area (Å²) in [4.78, 5) is 50.9. The third-order valence-electron chi connectivity index (χ3n) is 5.44. The lowest BCUT2D eigenvalue weighted by atomic mass is 9.91. The van der Waals surface area contributed by atoms with Crippen molar-refractivity contribution < 1.29 is 28.2 Å². The van der Waals surface area contributed by atoms with Crippen LogP contribution in [0.25, 0.3) is 11.1 Å². The Morgan fingerprint density at radius 2 is 1.45 bits per heavy atom. The minimum atomic E-state index is -0.733. The summed E-state index contributed by atoms with van der Waals surface area (Å²) in [5.41, 5.74) is 0.262. The molecule has 0 atom stereocenters. The largest absolute Gasteiger partial charge is 0.444 e. The molecule has 0 aliphatic rings. The maximum Gasteiger partial charge on any atom is 0.412 e. The smallest absolute Gasteiger partial charge is 0.412 e. The summed E-state index contributed by atoms with van der Waals surface area (Å²) >= 11 is 0. The van der Waals surface area contributed by atoms with Crippen LogP contribution in [0.2, 0.25) is 0 Å². The average Bonchev–Trinajstić information content (AvgIpc) is 2.82. The van der Waals surface area contributed by atoms with Crippen LogP contribution in [0.1, 0.15) is 63.0 Å². The quantitative estimate of drug-likeness (QED) is 0.375. The number of hydrogen-bond acceptors (Lipinski definition) is 6. The number of anilines is 1. The number of alkyl carbamates (subject to hydrolysis) is 1. The highest BCUT2D eigenvalue weighted by atomic mass is 19.1. The average molecular weight is 552 g/mol. The van der Waals surface area contributed by atoms with Crippen LogP contribution in [0.3, 0.4) is 0 Å². The second kappa shape index (κ2) is 11.7. The van der Waals surface area contributed by atoms with Crippen LogP contribution in [0.4, 0.5) is 19.7 Å². The van der Waals surface area contributed by atoms with Crippen molar-refractivity contribution in [3.05, 3.63) is 87.6 Å². The molecule has 2 N–H and O–H groups in total. The van der Waals surface area contributed by atoms with Gasteiger partial charge in [-0.05, 0) is 95.1 Å². The first kappa shape index (κ1) is 30.1. The molecule has 212 valence electrons. The predicted molar refractivity (Wildman–Crippen MR) is 150 cm³/mol. The third-order valence-corrected chi connectivity index (χ3v) is 5.44. The molecule has 10 heteroatoms. The second-order valence-corrected chi connectivity index (χ2v) is 11.2. The van der Waals surface area contributed by atoms with Gasteiger partial charge in [-0.15, -0.1) is 0 Å². The molecule has 9 nitrogen and oxygen atoms in total. The zero-order chi connectivity index (χ0) is 29.8. The summed E-state index contributed by atoms with van der Waals surface area (Å²) in [5, 5.41) is 5.31. The number of aromatic nitrogens is 1. The fraction of sp³-hybridized carbons (Fsp3) is 0.333. The number of pyridine rings is 1. The number of ether oxygens (including phenoxy) is 2. The van der Waals surface area contributed by atoms with Gasteiger partial charge in [0.1, 0.15) is 17.0 Å². The molecule has 40 heavy (non-hydrogen) atoms. The van der Waals surface area contributed by atoms with E-state index in [2.05, 4.69) is 10.6 Å². The van der Waals surface area contributed by atoms with E-state index in [-0.39, 0.29) is 23.2 Å². The van der Waals surface area contributed by atoms with Crippen molar-refractivity contribution >= 4 is 23.7 Å². The van der Waals surface area contributed by atoms with Crippen LogP contribution in [0.15, 0.2) is 59.5 Å². The first-order valence-electron chi connectivity index (χ1n) is 12.6. The van der Waals surface area contributed by atoms with Gasteiger partial charge in [0.15, 0.2) is 5.78 Å². The Morgan fingerprint density at radius 1 is 0.850 bits per heavy atom. The monoisotopic (exact) mass is 551 g/mol. The van der Waals surface area contributed by atoms with E-state index in [1.54, 1.807) is 66.9 Å². The molecule has 0 aliphatic carbocycles. The summed E-state index contributed by atoms with van der Waals surface area (Å²) in [6.07, 6.45) is 0.174. The van der Waals surface area contributed by atoms with Crippen LogP contribution in [-0.4, -0.2) is 33.7 Å². The van der Waals surface area contributed by atoms with Crippen molar-refractivity contribution in [1.82, 2.24) is 9.88 Å². The number of amides is 2.